The van der Waals surface area contributed by atoms with Crippen LogP contribution in [0.1, 0.15) is 40.7 Å². The van der Waals surface area contributed by atoms with Gasteiger partial charge in [-0.2, -0.15) is 0 Å². The first-order chi connectivity index (χ1) is 14.1. The minimum atomic E-state index is -0.511. The van der Waals surface area contributed by atoms with E-state index in [1.54, 1.807) is 55.6 Å². The van der Waals surface area contributed by atoms with E-state index >= 15 is 0 Å². The number of anilines is 1. The van der Waals surface area contributed by atoms with Gasteiger partial charge >= 0.3 is 5.97 Å². The molecule has 0 unspecified atom stereocenters. The van der Waals surface area contributed by atoms with Crippen molar-refractivity contribution in [1.82, 2.24) is 20.2 Å². The third kappa shape index (κ3) is 5.16. The fraction of sp³-hybridized carbons (Fsp3) is 0.250. The zero-order chi connectivity index (χ0) is 20.6. The van der Waals surface area contributed by atoms with Crippen molar-refractivity contribution < 1.29 is 19.1 Å². The number of benzene rings is 2. The van der Waals surface area contributed by atoms with Crippen LogP contribution in [0, 0.1) is 0 Å². The standard InChI is InChI=1S/C20H21N5O4/c1-3-4-13-29-20(27)14-5-7-15(8-6-14)21-19(26)18-22-24-25(23-18)16-9-11-17(28-2)12-10-16/h5-12H,3-4,13H2,1-2H3,(H,21,26). The molecule has 0 aliphatic heterocycles. The molecule has 0 saturated heterocycles. The number of rotatable bonds is 8. The maximum absolute atomic E-state index is 12.4. The van der Waals surface area contributed by atoms with Crippen LogP contribution >= 0.6 is 0 Å². The van der Waals surface area contributed by atoms with Crippen LogP contribution in [0.25, 0.3) is 5.69 Å². The van der Waals surface area contributed by atoms with E-state index in [1.807, 2.05) is 6.92 Å². The SMILES string of the molecule is CCCCOC(=O)c1ccc(NC(=O)c2nnn(-c3ccc(OC)cc3)n2)cc1. The Hall–Kier alpha value is -3.75. The van der Waals surface area contributed by atoms with Gasteiger partial charge in [0.25, 0.3) is 11.7 Å². The van der Waals surface area contributed by atoms with Crippen molar-refractivity contribution in [2.75, 3.05) is 19.0 Å². The number of tetrazole rings is 1. The maximum Gasteiger partial charge on any atom is 0.338 e. The van der Waals surface area contributed by atoms with Crippen LogP contribution in [-0.4, -0.2) is 45.8 Å². The molecular formula is C20H21N5O4. The van der Waals surface area contributed by atoms with E-state index < -0.39 is 5.91 Å². The van der Waals surface area contributed by atoms with Crippen LogP contribution in [0.3, 0.4) is 0 Å². The highest BCUT2D eigenvalue weighted by Gasteiger charge is 2.15. The average Bonchev–Trinajstić information content (AvgIpc) is 3.25. The number of hydrogen-bond acceptors (Lipinski definition) is 7. The lowest BCUT2D eigenvalue weighted by molar-refractivity contribution is 0.0499. The van der Waals surface area contributed by atoms with Gasteiger partial charge < -0.3 is 14.8 Å². The third-order valence-corrected chi connectivity index (χ3v) is 4.03. The van der Waals surface area contributed by atoms with Crippen molar-refractivity contribution >= 4 is 17.6 Å². The molecular weight excluding hydrogens is 374 g/mol. The summed E-state index contributed by atoms with van der Waals surface area (Å²) in [7, 11) is 1.58. The summed E-state index contributed by atoms with van der Waals surface area (Å²) in [5.41, 5.74) is 1.56. The second kappa shape index (κ2) is 9.45. The molecule has 0 radical (unpaired) electrons. The van der Waals surface area contributed by atoms with Crippen molar-refractivity contribution in [3.63, 3.8) is 0 Å². The van der Waals surface area contributed by atoms with E-state index in [1.165, 1.54) is 4.80 Å². The molecule has 2 aromatic carbocycles. The van der Waals surface area contributed by atoms with E-state index in [0.29, 0.717) is 29.3 Å². The molecule has 0 spiro atoms. The number of amides is 1. The molecule has 1 amide bonds. The van der Waals surface area contributed by atoms with Gasteiger partial charge in [-0.05, 0) is 60.2 Å². The Balaban J connectivity index is 1.61. The van der Waals surface area contributed by atoms with Gasteiger partial charge in [0.05, 0.1) is 25.0 Å². The number of unbranched alkanes of at least 4 members (excludes halogenated alkanes) is 1. The monoisotopic (exact) mass is 395 g/mol. The third-order valence-electron chi connectivity index (χ3n) is 4.03. The number of ether oxygens (including phenoxy) is 2. The fourth-order valence-corrected chi connectivity index (χ4v) is 2.40. The molecule has 0 aliphatic rings. The van der Waals surface area contributed by atoms with Gasteiger partial charge in [-0.15, -0.1) is 15.0 Å². The predicted molar refractivity (Wildman–Crippen MR) is 105 cm³/mol. The molecule has 0 bridgehead atoms. The molecule has 9 heteroatoms. The second-order valence-electron chi connectivity index (χ2n) is 6.12. The van der Waals surface area contributed by atoms with E-state index in [0.717, 1.165) is 12.8 Å². The Morgan fingerprint density at radius 3 is 2.45 bits per heavy atom. The lowest BCUT2D eigenvalue weighted by Crippen LogP contribution is -2.14. The Bertz CT molecular complexity index is 967. The number of hydrogen-bond donors (Lipinski definition) is 1. The summed E-state index contributed by atoms with van der Waals surface area (Å²) in [5, 5.41) is 14.4. The van der Waals surface area contributed by atoms with Crippen molar-refractivity contribution in [3.05, 3.63) is 59.9 Å². The van der Waals surface area contributed by atoms with Gasteiger partial charge in [0, 0.05) is 5.69 Å². The highest BCUT2D eigenvalue weighted by atomic mass is 16.5. The van der Waals surface area contributed by atoms with E-state index in [2.05, 4.69) is 20.7 Å². The molecule has 0 saturated carbocycles. The van der Waals surface area contributed by atoms with Crippen LogP contribution < -0.4 is 10.1 Å². The van der Waals surface area contributed by atoms with Crippen molar-refractivity contribution in [3.8, 4) is 11.4 Å². The van der Waals surface area contributed by atoms with E-state index in [9.17, 15) is 9.59 Å². The highest BCUT2D eigenvalue weighted by molar-refractivity contribution is 6.01. The van der Waals surface area contributed by atoms with Crippen LogP contribution in [0.15, 0.2) is 48.5 Å². The Morgan fingerprint density at radius 2 is 1.79 bits per heavy atom. The molecule has 29 heavy (non-hydrogen) atoms. The summed E-state index contributed by atoms with van der Waals surface area (Å²) >= 11 is 0. The van der Waals surface area contributed by atoms with Crippen LogP contribution in [0.4, 0.5) is 5.69 Å². The van der Waals surface area contributed by atoms with Gasteiger partial charge in [0.15, 0.2) is 0 Å². The van der Waals surface area contributed by atoms with E-state index in [4.69, 9.17) is 9.47 Å². The first kappa shape index (κ1) is 20.0. The smallest absolute Gasteiger partial charge is 0.338 e. The number of carbonyl (C=O) groups excluding carboxylic acids is 2. The largest absolute Gasteiger partial charge is 0.497 e. The topological polar surface area (TPSA) is 108 Å². The van der Waals surface area contributed by atoms with Gasteiger partial charge in [0.1, 0.15) is 5.75 Å². The number of aromatic nitrogens is 4. The first-order valence-electron chi connectivity index (χ1n) is 9.13. The predicted octanol–water partition coefficient (Wildman–Crippen LogP) is 2.88. The molecule has 1 heterocycles. The van der Waals surface area contributed by atoms with Crippen molar-refractivity contribution in [2.45, 2.75) is 19.8 Å². The van der Waals surface area contributed by atoms with Crippen LogP contribution in [-0.2, 0) is 4.74 Å². The number of esters is 1. The Morgan fingerprint density at radius 1 is 1.07 bits per heavy atom. The molecule has 9 nitrogen and oxygen atoms in total. The molecule has 3 rings (SSSR count). The maximum atomic E-state index is 12.4. The van der Waals surface area contributed by atoms with Gasteiger partial charge in [-0.1, -0.05) is 13.3 Å². The van der Waals surface area contributed by atoms with Gasteiger partial charge in [-0.3, -0.25) is 4.79 Å². The van der Waals surface area contributed by atoms with Crippen molar-refractivity contribution in [1.29, 1.82) is 0 Å². The zero-order valence-electron chi connectivity index (χ0n) is 16.2. The van der Waals surface area contributed by atoms with Crippen LogP contribution in [0.5, 0.6) is 5.75 Å². The fourth-order valence-electron chi connectivity index (χ4n) is 2.40. The second-order valence-corrected chi connectivity index (χ2v) is 6.12. The molecule has 0 aliphatic carbocycles. The van der Waals surface area contributed by atoms with Crippen LogP contribution in [0.2, 0.25) is 0 Å². The summed E-state index contributed by atoms with van der Waals surface area (Å²) in [5.74, 6) is -0.281. The van der Waals surface area contributed by atoms with E-state index in [-0.39, 0.29) is 11.8 Å². The normalized spacial score (nSPS) is 10.4. The number of nitrogens with one attached hydrogen (secondary N) is 1. The molecule has 3 aromatic rings. The highest BCUT2D eigenvalue weighted by Crippen LogP contribution is 2.14. The molecule has 150 valence electrons. The summed E-state index contributed by atoms with van der Waals surface area (Å²) in [6.07, 6.45) is 1.78. The summed E-state index contributed by atoms with van der Waals surface area (Å²) in [6, 6.07) is 13.4. The quantitative estimate of drug-likeness (QED) is 0.461. The molecule has 1 N–H and O–H groups in total. The molecule has 1 aromatic heterocycles. The number of nitrogens with zero attached hydrogens (tertiary/aromatic N) is 4. The number of methoxy groups -OCH3 is 1. The Kier molecular flexibility index (Phi) is 6.51. The summed E-state index contributed by atoms with van der Waals surface area (Å²) < 4.78 is 10.3. The molecule has 0 atom stereocenters. The summed E-state index contributed by atoms with van der Waals surface area (Å²) in [4.78, 5) is 25.5. The minimum Gasteiger partial charge on any atom is -0.497 e. The molecule has 0 fully saturated rings. The van der Waals surface area contributed by atoms with Gasteiger partial charge in [0.2, 0.25) is 0 Å². The zero-order valence-corrected chi connectivity index (χ0v) is 16.2. The van der Waals surface area contributed by atoms with Gasteiger partial charge in [-0.25, -0.2) is 4.79 Å². The first-order valence-corrected chi connectivity index (χ1v) is 9.13. The Labute approximate surface area is 167 Å². The lowest BCUT2D eigenvalue weighted by Gasteiger charge is -2.06. The minimum absolute atomic E-state index is 0.0798. The summed E-state index contributed by atoms with van der Waals surface area (Å²) in [6.45, 7) is 2.42. The number of carbonyl (C=O) groups is 2. The average molecular weight is 395 g/mol. The lowest BCUT2D eigenvalue weighted by atomic mass is 10.2. The van der Waals surface area contributed by atoms with Crippen molar-refractivity contribution in [2.24, 2.45) is 0 Å².